The van der Waals surface area contributed by atoms with E-state index in [1.165, 1.54) is 38.9 Å². The second kappa shape index (κ2) is 4.63. The van der Waals surface area contributed by atoms with Gasteiger partial charge in [-0.2, -0.15) is 0 Å². The number of hydrogen-bond acceptors (Lipinski definition) is 3. The summed E-state index contributed by atoms with van der Waals surface area (Å²) in [4.78, 5) is 2.82. The van der Waals surface area contributed by atoms with Crippen LogP contribution in [0.4, 0.5) is 0 Å². The maximum atomic E-state index is 5.48. The zero-order valence-electron chi connectivity index (χ0n) is 10.3. The van der Waals surface area contributed by atoms with Crippen molar-refractivity contribution in [1.82, 2.24) is 10.2 Å². The Bertz CT molecular complexity index is 240. The lowest BCUT2D eigenvalue weighted by molar-refractivity contribution is 0.0243. The Hall–Kier alpha value is -0.120. The van der Waals surface area contributed by atoms with Crippen LogP contribution in [0.5, 0.6) is 0 Å². The molecule has 0 amide bonds. The van der Waals surface area contributed by atoms with Gasteiger partial charge in [-0.25, -0.2) is 0 Å². The van der Waals surface area contributed by atoms with Crippen molar-refractivity contribution in [3.8, 4) is 0 Å². The first-order valence-corrected chi connectivity index (χ1v) is 6.94. The van der Waals surface area contributed by atoms with Crippen LogP contribution in [-0.2, 0) is 4.74 Å². The van der Waals surface area contributed by atoms with Crippen molar-refractivity contribution in [2.75, 3.05) is 32.8 Å². The molecule has 3 unspecified atom stereocenters. The number of rotatable bonds is 2. The summed E-state index contributed by atoms with van der Waals surface area (Å²) in [5, 5.41) is 3.56. The van der Waals surface area contributed by atoms with Crippen molar-refractivity contribution in [2.24, 2.45) is 11.8 Å². The van der Waals surface area contributed by atoms with Gasteiger partial charge in [0.2, 0.25) is 0 Å². The van der Waals surface area contributed by atoms with Crippen molar-refractivity contribution in [2.45, 2.75) is 38.3 Å². The summed E-state index contributed by atoms with van der Waals surface area (Å²) < 4.78 is 5.48. The molecular weight excluding hydrogens is 200 g/mol. The van der Waals surface area contributed by atoms with Gasteiger partial charge in [-0.05, 0) is 44.2 Å². The van der Waals surface area contributed by atoms with E-state index in [4.69, 9.17) is 4.74 Å². The Morgan fingerprint density at radius 2 is 2.06 bits per heavy atom. The van der Waals surface area contributed by atoms with Gasteiger partial charge >= 0.3 is 0 Å². The van der Waals surface area contributed by atoms with E-state index in [0.717, 1.165) is 37.1 Å². The molecule has 3 aliphatic heterocycles. The lowest BCUT2D eigenvalue weighted by Gasteiger charge is -2.36. The molecule has 3 fully saturated rings. The molecule has 1 N–H and O–H groups in total. The number of fused-ring (bicyclic) bond motifs is 1. The Kier molecular flexibility index (Phi) is 3.18. The second-order valence-electron chi connectivity index (χ2n) is 5.60. The average Bonchev–Trinajstić information content (AvgIpc) is 2.89. The fraction of sp³-hybridized carbons (Fsp3) is 1.00. The van der Waals surface area contributed by atoms with E-state index in [0.29, 0.717) is 0 Å². The molecule has 3 heteroatoms. The minimum absolute atomic E-state index is 0.810. The number of likely N-dealkylation sites (tertiary alicyclic amines) is 1. The van der Waals surface area contributed by atoms with Crippen LogP contribution in [0.3, 0.4) is 0 Å². The minimum atomic E-state index is 0.810. The van der Waals surface area contributed by atoms with Gasteiger partial charge in [0.1, 0.15) is 0 Å². The van der Waals surface area contributed by atoms with Crippen LogP contribution in [-0.4, -0.2) is 49.8 Å². The molecule has 0 aromatic heterocycles. The third-order valence-electron chi connectivity index (χ3n) is 4.84. The van der Waals surface area contributed by atoms with Crippen molar-refractivity contribution in [3.63, 3.8) is 0 Å². The van der Waals surface area contributed by atoms with Crippen molar-refractivity contribution < 1.29 is 4.74 Å². The summed E-state index contributed by atoms with van der Waals surface area (Å²) in [5.74, 6) is 1.85. The summed E-state index contributed by atoms with van der Waals surface area (Å²) in [6.07, 6.45) is 3.83. The van der Waals surface area contributed by atoms with Crippen molar-refractivity contribution in [1.29, 1.82) is 0 Å². The zero-order valence-corrected chi connectivity index (χ0v) is 10.3. The second-order valence-corrected chi connectivity index (χ2v) is 5.60. The smallest absolute Gasteiger partial charge is 0.0480 e. The Morgan fingerprint density at radius 3 is 2.81 bits per heavy atom. The van der Waals surface area contributed by atoms with Gasteiger partial charge in [-0.15, -0.1) is 0 Å². The van der Waals surface area contributed by atoms with Crippen LogP contribution in [0.1, 0.15) is 26.2 Å². The van der Waals surface area contributed by atoms with Gasteiger partial charge in [0.25, 0.3) is 0 Å². The summed E-state index contributed by atoms with van der Waals surface area (Å²) >= 11 is 0. The van der Waals surface area contributed by atoms with E-state index in [1.54, 1.807) is 0 Å². The van der Waals surface area contributed by atoms with Crippen LogP contribution in [0, 0.1) is 11.8 Å². The first-order valence-electron chi connectivity index (χ1n) is 6.94. The predicted molar refractivity (Wildman–Crippen MR) is 64.5 cm³/mol. The topological polar surface area (TPSA) is 24.5 Å². The molecule has 0 spiro atoms. The third-order valence-corrected chi connectivity index (χ3v) is 4.84. The van der Waals surface area contributed by atoms with Gasteiger partial charge in [-0.1, -0.05) is 6.92 Å². The van der Waals surface area contributed by atoms with Crippen molar-refractivity contribution in [3.05, 3.63) is 0 Å². The lowest BCUT2D eigenvalue weighted by atomic mass is 9.92. The number of ether oxygens (including phenoxy) is 1. The molecule has 3 heterocycles. The lowest BCUT2D eigenvalue weighted by Crippen LogP contribution is -2.44. The normalized spacial score (nSPS) is 41.4. The highest BCUT2D eigenvalue weighted by Crippen LogP contribution is 2.37. The molecule has 0 aromatic carbocycles. The largest absolute Gasteiger partial charge is 0.381 e. The van der Waals surface area contributed by atoms with E-state index in [9.17, 15) is 0 Å². The number of hydrogen-bond donors (Lipinski definition) is 1. The highest BCUT2D eigenvalue weighted by atomic mass is 16.5. The molecule has 16 heavy (non-hydrogen) atoms. The monoisotopic (exact) mass is 224 g/mol. The summed E-state index contributed by atoms with van der Waals surface area (Å²) in [6, 6.07) is 1.65. The van der Waals surface area contributed by atoms with Crippen LogP contribution >= 0.6 is 0 Å². The third kappa shape index (κ3) is 1.79. The van der Waals surface area contributed by atoms with E-state index in [-0.39, 0.29) is 0 Å². The standard InChI is InChI=1S/C13H24N2O/c1-2-13-12-8-14-7-10(12)9-15(13)11-3-5-16-6-4-11/h10-14H,2-9H2,1H3. The van der Waals surface area contributed by atoms with Gasteiger partial charge < -0.3 is 10.1 Å². The van der Waals surface area contributed by atoms with E-state index < -0.39 is 0 Å². The molecule has 3 nitrogen and oxygen atoms in total. The molecular formula is C13H24N2O. The van der Waals surface area contributed by atoms with Crippen LogP contribution in [0.15, 0.2) is 0 Å². The molecule has 0 bridgehead atoms. The Labute approximate surface area is 98.5 Å². The maximum Gasteiger partial charge on any atom is 0.0480 e. The molecule has 0 aliphatic carbocycles. The van der Waals surface area contributed by atoms with Gasteiger partial charge in [0.05, 0.1) is 0 Å². The summed E-state index contributed by atoms with van der Waals surface area (Å²) in [5.41, 5.74) is 0. The molecule has 3 saturated heterocycles. The maximum absolute atomic E-state index is 5.48. The van der Waals surface area contributed by atoms with Gasteiger partial charge in [-0.3, -0.25) is 4.90 Å². The molecule has 92 valence electrons. The van der Waals surface area contributed by atoms with Crippen LogP contribution in [0.2, 0.25) is 0 Å². The summed E-state index contributed by atoms with van der Waals surface area (Å²) in [7, 11) is 0. The van der Waals surface area contributed by atoms with Crippen LogP contribution in [0.25, 0.3) is 0 Å². The van der Waals surface area contributed by atoms with E-state index in [1.807, 2.05) is 0 Å². The highest BCUT2D eigenvalue weighted by molar-refractivity contribution is 5.00. The van der Waals surface area contributed by atoms with E-state index >= 15 is 0 Å². The zero-order chi connectivity index (χ0) is 11.0. The molecule has 3 rings (SSSR count). The minimum Gasteiger partial charge on any atom is -0.381 e. The average molecular weight is 224 g/mol. The fourth-order valence-electron chi connectivity index (χ4n) is 4.03. The van der Waals surface area contributed by atoms with E-state index in [2.05, 4.69) is 17.1 Å². The Morgan fingerprint density at radius 1 is 1.25 bits per heavy atom. The predicted octanol–water partition coefficient (Wildman–Crippen LogP) is 1.10. The van der Waals surface area contributed by atoms with Gasteiger partial charge in [0, 0.05) is 31.8 Å². The molecule has 0 aromatic rings. The molecule has 0 radical (unpaired) electrons. The number of nitrogens with one attached hydrogen (secondary N) is 1. The quantitative estimate of drug-likeness (QED) is 0.760. The molecule has 0 saturated carbocycles. The van der Waals surface area contributed by atoms with Gasteiger partial charge in [0.15, 0.2) is 0 Å². The fourth-order valence-corrected chi connectivity index (χ4v) is 4.03. The molecule has 3 atom stereocenters. The number of nitrogens with zero attached hydrogens (tertiary/aromatic N) is 1. The Balaban J connectivity index is 1.70. The first-order chi connectivity index (χ1) is 7.90. The SMILES string of the molecule is CCC1C2CNCC2CN1C1CCOCC1. The summed E-state index contributed by atoms with van der Waals surface area (Å²) in [6.45, 7) is 8.15. The highest BCUT2D eigenvalue weighted by Gasteiger charge is 2.45. The van der Waals surface area contributed by atoms with Crippen molar-refractivity contribution >= 4 is 0 Å². The molecule has 3 aliphatic rings. The van der Waals surface area contributed by atoms with Crippen LogP contribution < -0.4 is 5.32 Å². The first kappa shape index (κ1) is 11.0.